The molecule has 0 aromatic rings. The monoisotopic (exact) mass is 124 g/mol. The maximum atomic E-state index is 10.8. The molecule has 0 saturated heterocycles. The van der Waals surface area contributed by atoms with Gasteiger partial charge in [0, 0.05) is 24.7 Å². The Kier molecular flexibility index (Phi) is 0.821. The van der Waals surface area contributed by atoms with Crippen LogP contribution in [0.5, 0.6) is 0 Å². The van der Waals surface area contributed by atoms with Crippen LogP contribution in [0, 0.1) is 11.8 Å². The molecule has 48 valence electrons. The lowest BCUT2D eigenvalue weighted by atomic mass is 9.98. The summed E-state index contributed by atoms with van der Waals surface area (Å²) in [5.41, 5.74) is 0. The lowest BCUT2D eigenvalue weighted by Gasteiger charge is -2.04. The van der Waals surface area contributed by atoms with Gasteiger partial charge < -0.3 is 0 Å². The average molecular weight is 124 g/mol. The maximum Gasteiger partial charge on any atom is 0.137 e. The van der Waals surface area contributed by atoms with Gasteiger partial charge in [0.15, 0.2) is 0 Å². The second-order valence-corrected chi connectivity index (χ2v) is 2.97. The van der Waals surface area contributed by atoms with Gasteiger partial charge >= 0.3 is 0 Å². The minimum Gasteiger partial charge on any atom is -0.299 e. The zero-order valence-electron chi connectivity index (χ0n) is 5.09. The molecule has 9 heavy (non-hydrogen) atoms. The van der Waals surface area contributed by atoms with Crippen molar-refractivity contribution in [3.63, 3.8) is 0 Å². The van der Waals surface area contributed by atoms with Crippen molar-refractivity contribution in [1.29, 1.82) is 0 Å². The lowest BCUT2D eigenvalue weighted by molar-refractivity contribution is -0.129. The van der Waals surface area contributed by atoms with Crippen molar-refractivity contribution in [3.8, 4) is 0 Å². The molecule has 0 spiro atoms. The van der Waals surface area contributed by atoms with Gasteiger partial charge in [0.1, 0.15) is 11.6 Å². The van der Waals surface area contributed by atoms with Crippen LogP contribution in [0.2, 0.25) is 0 Å². The third-order valence-electron chi connectivity index (χ3n) is 2.37. The average Bonchev–Trinajstić information content (AvgIpc) is 2.24. The predicted molar refractivity (Wildman–Crippen MR) is 30.8 cm³/mol. The third kappa shape index (κ3) is 0.560. The molecule has 0 N–H and O–H groups in total. The van der Waals surface area contributed by atoms with Crippen LogP contribution in [0.1, 0.15) is 19.3 Å². The second-order valence-electron chi connectivity index (χ2n) is 2.97. The zero-order chi connectivity index (χ0) is 6.43. The van der Waals surface area contributed by atoms with Crippen molar-refractivity contribution >= 4 is 11.6 Å². The van der Waals surface area contributed by atoms with Crippen molar-refractivity contribution in [2.24, 2.45) is 11.8 Å². The SMILES string of the molecule is O=C1C[C@@H]2CC1CC2=O. The first-order valence-corrected chi connectivity index (χ1v) is 3.33. The lowest BCUT2D eigenvalue weighted by Crippen LogP contribution is -2.16. The fourth-order valence-corrected chi connectivity index (χ4v) is 1.82. The van der Waals surface area contributed by atoms with Gasteiger partial charge in [-0.3, -0.25) is 9.59 Å². The van der Waals surface area contributed by atoms with Crippen molar-refractivity contribution in [1.82, 2.24) is 0 Å². The summed E-state index contributed by atoms with van der Waals surface area (Å²) >= 11 is 0. The Morgan fingerprint density at radius 2 is 1.44 bits per heavy atom. The number of ketones is 2. The van der Waals surface area contributed by atoms with Crippen LogP contribution >= 0.6 is 0 Å². The molecule has 2 heteroatoms. The molecule has 0 amide bonds. The molecule has 2 fully saturated rings. The van der Waals surface area contributed by atoms with E-state index in [1.807, 2.05) is 0 Å². The highest BCUT2D eigenvalue weighted by Gasteiger charge is 2.43. The Morgan fingerprint density at radius 3 is 1.67 bits per heavy atom. The van der Waals surface area contributed by atoms with E-state index in [4.69, 9.17) is 0 Å². The Morgan fingerprint density at radius 1 is 1.00 bits per heavy atom. The molecule has 0 heterocycles. The highest BCUT2D eigenvalue weighted by atomic mass is 16.1. The molecule has 1 unspecified atom stereocenters. The largest absolute Gasteiger partial charge is 0.299 e. The molecule has 2 bridgehead atoms. The first kappa shape index (κ1) is 5.15. The van der Waals surface area contributed by atoms with E-state index >= 15 is 0 Å². The van der Waals surface area contributed by atoms with Crippen LogP contribution in [0.25, 0.3) is 0 Å². The number of fused-ring (bicyclic) bond motifs is 2. The van der Waals surface area contributed by atoms with E-state index in [0.29, 0.717) is 24.4 Å². The van der Waals surface area contributed by atoms with E-state index in [0.717, 1.165) is 6.42 Å². The Bertz CT molecular complexity index is 163. The molecule has 0 aromatic heterocycles. The first-order chi connectivity index (χ1) is 4.27. The van der Waals surface area contributed by atoms with E-state index in [2.05, 4.69) is 0 Å². The standard InChI is InChI=1S/C7H8O2/c8-6-2-4-1-5(6)3-7(4)9/h4-5H,1-3H2/t4-,5?/m0/s1. The van der Waals surface area contributed by atoms with Gasteiger partial charge in [-0.1, -0.05) is 0 Å². The Labute approximate surface area is 53.2 Å². The highest BCUT2D eigenvalue weighted by Crippen LogP contribution is 2.39. The number of Topliss-reactive ketones (excluding diaryl/α,β-unsaturated/α-hetero) is 2. The van der Waals surface area contributed by atoms with Crippen molar-refractivity contribution in [2.75, 3.05) is 0 Å². The fraction of sp³-hybridized carbons (Fsp3) is 0.714. The summed E-state index contributed by atoms with van der Waals surface area (Å²) in [7, 11) is 0. The molecule has 0 aromatic carbocycles. The molecular weight excluding hydrogens is 116 g/mol. The molecule has 2 rings (SSSR count). The fourth-order valence-electron chi connectivity index (χ4n) is 1.82. The topological polar surface area (TPSA) is 34.1 Å². The van der Waals surface area contributed by atoms with Gasteiger partial charge in [-0.2, -0.15) is 0 Å². The molecular formula is C7H8O2. The summed E-state index contributed by atoms with van der Waals surface area (Å²) < 4.78 is 0. The van der Waals surface area contributed by atoms with E-state index in [1.54, 1.807) is 0 Å². The number of hydrogen-bond acceptors (Lipinski definition) is 2. The van der Waals surface area contributed by atoms with Crippen LogP contribution < -0.4 is 0 Å². The minimum atomic E-state index is 0.127. The molecule has 2 aliphatic rings. The van der Waals surface area contributed by atoms with Crippen molar-refractivity contribution in [2.45, 2.75) is 19.3 Å². The van der Waals surface area contributed by atoms with Crippen LogP contribution in [-0.4, -0.2) is 11.6 Å². The molecule has 2 atom stereocenters. The van der Waals surface area contributed by atoms with Crippen LogP contribution in [0.15, 0.2) is 0 Å². The summed E-state index contributed by atoms with van der Waals surface area (Å²) in [6, 6.07) is 0. The zero-order valence-corrected chi connectivity index (χ0v) is 5.09. The van der Waals surface area contributed by atoms with Crippen molar-refractivity contribution < 1.29 is 9.59 Å². The van der Waals surface area contributed by atoms with Gasteiger partial charge in [-0.15, -0.1) is 0 Å². The van der Waals surface area contributed by atoms with Crippen LogP contribution in [-0.2, 0) is 9.59 Å². The second kappa shape index (κ2) is 1.43. The molecule has 2 saturated carbocycles. The van der Waals surface area contributed by atoms with Crippen LogP contribution in [0.4, 0.5) is 0 Å². The van der Waals surface area contributed by atoms with E-state index in [9.17, 15) is 9.59 Å². The Balaban J connectivity index is 2.28. The number of carbonyl (C=O) groups is 2. The quantitative estimate of drug-likeness (QED) is 0.472. The summed E-state index contributed by atoms with van der Waals surface area (Å²) in [6.45, 7) is 0. The van der Waals surface area contributed by atoms with E-state index in [-0.39, 0.29) is 11.8 Å². The number of rotatable bonds is 0. The highest BCUT2D eigenvalue weighted by molar-refractivity contribution is 5.99. The summed E-state index contributed by atoms with van der Waals surface area (Å²) in [6.07, 6.45) is 1.95. The molecule has 0 radical (unpaired) electrons. The Hall–Kier alpha value is -0.660. The van der Waals surface area contributed by atoms with Gasteiger partial charge in [-0.25, -0.2) is 0 Å². The normalized spacial score (nSPS) is 40.4. The summed E-state index contributed by atoms with van der Waals surface area (Å²) in [5.74, 6) is 0.893. The van der Waals surface area contributed by atoms with Crippen LogP contribution in [0.3, 0.4) is 0 Å². The summed E-state index contributed by atoms with van der Waals surface area (Å²) in [4.78, 5) is 21.7. The molecule has 2 nitrogen and oxygen atoms in total. The van der Waals surface area contributed by atoms with E-state index in [1.165, 1.54) is 0 Å². The minimum absolute atomic E-state index is 0.127. The number of carbonyl (C=O) groups excluding carboxylic acids is 2. The van der Waals surface area contributed by atoms with Gasteiger partial charge in [0.05, 0.1) is 0 Å². The van der Waals surface area contributed by atoms with Gasteiger partial charge in [-0.05, 0) is 6.42 Å². The number of hydrogen-bond donors (Lipinski definition) is 0. The predicted octanol–water partition coefficient (Wildman–Crippen LogP) is 0.554. The first-order valence-electron chi connectivity index (χ1n) is 3.33. The third-order valence-corrected chi connectivity index (χ3v) is 2.37. The van der Waals surface area contributed by atoms with Crippen molar-refractivity contribution in [3.05, 3.63) is 0 Å². The van der Waals surface area contributed by atoms with Gasteiger partial charge in [0.2, 0.25) is 0 Å². The van der Waals surface area contributed by atoms with Gasteiger partial charge in [0.25, 0.3) is 0 Å². The smallest absolute Gasteiger partial charge is 0.137 e. The maximum absolute atomic E-state index is 10.8. The van der Waals surface area contributed by atoms with E-state index < -0.39 is 0 Å². The summed E-state index contributed by atoms with van der Waals surface area (Å²) in [5, 5.41) is 0. The molecule has 2 aliphatic carbocycles. The molecule has 0 aliphatic heterocycles.